The van der Waals surface area contributed by atoms with Crippen LogP contribution < -0.4 is 10.6 Å². The van der Waals surface area contributed by atoms with E-state index in [1.165, 1.54) is 25.7 Å². The fraction of sp³-hybridized carbons (Fsp3) is 1.00. The molecule has 1 aliphatic carbocycles. The van der Waals surface area contributed by atoms with E-state index >= 15 is 0 Å². The molecule has 3 N–H and O–H groups in total. The molecule has 0 aromatic heterocycles. The van der Waals surface area contributed by atoms with Crippen molar-refractivity contribution < 1.29 is 5.11 Å². The van der Waals surface area contributed by atoms with E-state index in [9.17, 15) is 5.11 Å². The molecule has 1 heterocycles. The fourth-order valence-electron chi connectivity index (χ4n) is 2.39. The summed E-state index contributed by atoms with van der Waals surface area (Å²) in [6.45, 7) is 1.80. The molecule has 0 aromatic rings. The summed E-state index contributed by atoms with van der Waals surface area (Å²) in [6, 6.07) is 1.25. The number of halogens is 1. The summed E-state index contributed by atoms with van der Waals surface area (Å²) in [4.78, 5) is 0. The predicted molar refractivity (Wildman–Crippen MR) is 59.9 cm³/mol. The van der Waals surface area contributed by atoms with Crippen LogP contribution in [0.4, 0.5) is 0 Å². The molecule has 0 bridgehead atoms. The smallest absolute Gasteiger partial charge is 0.0680 e. The van der Waals surface area contributed by atoms with Crippen LogP contribution in [0.2, 0.25) is 0 Å². The van der Waals surface area contributed by atoms with Crippen molar-refractivity contribution in [3.63, 3.8) is 0 Å². The maximum Gasteiger partial charge on any atom is 0.0680 e. The number of hydrogen-bond acceptors (Lipinski definition) is 3. The van der Waals surface area contributed by atoms with E-state index in [-0.39, 0.29) is 18.5 Å². The van der Waals surface area contributed by atoms with Crippen molar-refractivity contribution >= 4 is 12.4 Å². The lowest BCUT2D eigenvalue weighted by Gasteiger charge is -2.15. The highest BCUT2D eigenvalue weighted by Crippen LogP contribution is 2.17. The van der Waals surface area contributed by atoms with Crippen molar-refractivity contribution in [3.8, 4) is 0 Å². The second-order valence-electron chi connectivity index (χ2n) is 4.38. The largest absolute Gasteiger partial charge is 0.392 e. The van der Waals surface area contributed by atoms with Gasteiger partial charge < -0.3 is 15.7 Å². The number of hydrogen-bond donors (Lipinski definition) is 3. The van der Waals surface area contributed by atoms with Crippen molar-refractivity contribution in [1.29, 1.82) is 0 Å². The van der Waals surface area contributed by atoms with E-state index in [0.717, 1.165) is 25.6 Å². The maximum absolute atomic E-state index is 9.30. The molecule has 0 spiro atoms. The minimum atomic E-state index is -0.115. The summed E-state index contributed by atoms with van der Waals surface area (Å²) in [5, 5.41) is 16.2. The van der Waals surface area contributed by atoms with Gasteiger partial charge in [0, 0.05) is 25.2 Å². The summed E-state index contributed by atoms with van der Waals surface area (Å²) in [6.07, 6.45) is 6.26. The second-order valence-corrected chi connectivity index (χ2v) is 4.38. The highest BCUT2D eigenvalue weighted by atomic mass is 35.5. The minimum Gasteiger partial charge on any atom is -0.392 e. The van der Waals surface area contributed by atoms with Gasteiger partial charge in [-0.25, -0.2) is 0 Å². The van der Waals surface area contributed by atoms with Gasteiger partial charge in [-0.05, 0) is 19.3 Å². The molecule has 0 aromatic carbocycles. The molecule has 1 saturated carbocycles. The Bertz CT molecular complexity index is 162. The Morgan fingerprint density at radius 3 is 2.57 bits per heavy atom. The van der Waals surface area contributed by atoms with Crippen molar-refractivity contribution in [1.82, 2.24) is 10.6 Å². The summed E-state index contributed by atoms with van der Waals surface area (Å²) < 4.78 is 0. The summed E-state index contributed by atoms with van der Waals surface area (Å²) in [5.74, 6) is 0. The topological polar surface area (TPSA) is 44.3 Å². The van der Waals surface area contributed by atoms with E-state index in [1.807, 2.05) is 0 Å². The lowest BCUT2D eigenvalue weighted by molar-refractivity contribution is 0.193. The molecule has 3 nitrogen and oxygen atoms in total. The zero-order chi connectivity index (χ0) is 9.10. The Kier molecular flexibility index (Phi) is 5.17. The summed E-state index contributed by atoms with van der Waals surface area (Å²) >= 11 is 0. The van der Waals surface area contributed by atoms with Gasteiger partial charge in [-0.2, -0.15) is 0 Å². The van der Waals surface area contributed by atoms with Crippen LogP contribution in [0.3, 0.4) is 0 Å². The van der Waals surface area contributed by atoms with Gasteiger partial charge in [-0.1, -0.05) is 12.8 Å². The quantitative estimate of drug-likeness (QED) is 0.655. The Morgan fingerprint density at radius 1 is 1.29 bits per heavy atom. The lowest BCUT2D eigenvalue weighted by Crippen LogP contribution is -2.38. The first kappa shape index (κ1) is 12.2. The van der Waals surface area contributed by atoms with Gasteiger partial charge in [0.25, 0.3) is 0 Å². The Hall–Kier alpha value is 0.170. The molecule has 1 saturated heterocycles. The van der Waals surface area contributed by atoms with Gasteiger partial charge in [0.15, 0.2) is 0 Å². The van der Waals surface area contributed by atoms with Crippen LogP contribution in [0, 0.1) is 0 Å². The standard InChI is InChI=1S/C10H20N2O.ClH/c13-10-5-9(12-7-10)6-11-8-3-1-2-4-8;/h8-13H,1-7H2;1H/t9-,10+;/m0./s1. The lowest BCUT2D eigenvalue weighted by atomic mass is 10.2. The van der Waals surface area contributed by atoms with E-state index < -0.39 is 0 Å². The number of rotatable bonds is 3. The van der Waals surface area contributed by atoms with Crippen molar-refractivity contribution in [3.05, 3.63) is 0 Å². The van der Waals surface area contributed by atoms with Crippen LogP contribution in [0.25, 0.3) is 0 Å². The molecule has 2 fully saturated rings. The Morgan fingerprint density at radius 2 is 2.00 bits per heavy atom. The van der Waals surface area contributed by atoms with Gasteiger partial charge in [0.05, 0.1) is 6.10 Å². The number of aliphatic hydroxyl groups excluding tert-OH is 1. The predicted octanol–water partition coefficient (Wildman–Crippen LogP) is 0.663. The fourth-order valence-corrected chi connectivity index (χ4v) is 2.39. The molecule has 2 atom stereocenters. The first-order valence-corrected chi connectivity index (χ1v) is 5.49. The maximum atomic E-state index is 9.30. The Labute approximate surface area is 92.1 Å². The zero-order valence-corrected chi connectivity index (χ0v) is 9.35. The molecule has 1 aliphatic heterocycles. The molecule has 84 valence electrons. The van der Waals surface area contributed by atoms with Crippen LogP contribution in [-0.4, -0.2) is 36.4 Å². The van der Waals surface area contributed by atoms with Crippen LogP contribution in [0.5, 0.6) is 0 Å². The number of nitrogens with one attached hydrogen (secondary N) is 2. The minimum absolute atomic E-state index is 0. The SMILES string of the molecule is Cl.O[C@H]1CN[C@H](CNC2CCCC2)C1. The van der Waals surface area contributed by atoms with Crippen LogP contribution in [0.15, 0.2) is 0 Å². The molecule has 2 aliphatic rings. The first-order valence-electron chi connectivity index (χ1n) is 5.49. The van der Waals surface area contributed by atoms with E-state index in [1.54, 1.807) is 0 Å². The molecule has 14 heavy (non-hydrogen) atoms. The van der Waals surface area contributed by atoms with Gasteiger partial charge in [0.2, 0.25) is 0 Å². The van der Waals surface area contributed by atoms with Crippen LogP contribution in [0.1, 0.15) is 32.1 Å². The van der Waals surface area contributed by atoms with Gasteiger partial charge in [-0.3, -0.25) is 0 Å². The Balaban J connectivity index is 0.000000980. The zero-order valence-electron chi connectivity index (χ0n) is 8.54. The van der Waals surface area contributed by atoms with E-state index in [4.69, 9.17) is 0 Å². The molecule has 0 unspecified atom stereocenters. The number of aliphatic hydroxyl groups is 1. The summed E-state index contributed by atoms with van der Waals surface area (Å²) in [7, 11) is 0. The monoisotopic (exact) mass is 220 g/mol. The van der Waals surface area contributed by atoms with Gasteiger partial charge >= 0.3 is 0 Å². The van der Waals surface area contributed by atoms with E-state index in [0.29, 0.717) is 6.04 Å². The van der Waals surface area contributed by atoms with Crippen LogP contribution in [-0.2, 0) is 0 Å². The second kappa shape index (κ2) is 5.91. The third-order valence-electron chi connectivity index (χ3n) is 3.21. The molecule has 0 amide bonds. The van der Waals surface area contributed by atoms with Crippen molar-refractivity contribution in [2.24, 2.45) is 0 Å². The molecule has 2 rings (SSSR count). The average Bonchev–Trinajstić information content (AvgIpc) is 2.71. The number of β-amino-alcohol motifs (C(OH)–C–C–N with tert-alkyl or cyclic N) is 1. The normalized spacial score (nSPS) is 33.2. The molecule has 4 heteroatoms. The molecule has 0 radical (unpaired) electrons. The van der Waals surface area contributed by atoms with E-state index in [2.05, 4.69) is 10.6 Å². The van der Waals surface area contributed by atoms with Crippen molar-refractivity contribution in [2.75, 3.05) is 13.1 Å². The van der Waals surface area contributed by atoms with Crippen LogP contribution >= 0.6 is 12.4 Å². The van der Waals surface area contributed by atoms with Gasteiger partial charge in [-0.15, -0.1) is 12.4 Å². The third-order valence-corrected chi connectivity index (χ3v) is 3.21. The highest BCUT2D eigenvalue weighted by molar-refractivity contribution is 5.85. The van der Waals surface area contributed by atoms with Gasteiger partial charge in [0.1, 0.15) is 0 Å². The summed E-state index contributed by atoms with van der Waals surface area (Å²) in [5.41, 5.74) is 0. The third kappa shape index (κ3) is 3.39. The first-order chi connectivity index (χ1) is 6.34. The molecular weight excluding hydrogens is 200 g/mol. The highest BCUT2D eigenvalue weighted by Gasteiger charge is 2.23. The van der Waals surface area contributed by atoms with Crippen molar-refractivity contribution in [2.45, 2.75) is 50.3 Å². The average molecular weight is 221 g/mol. The molecular formula is C10H21ClN2O.